The summed E-state index contributed by atoms with van der Waals surface area (Å²) in [5.74, 6) is 0.0493. The number of hydrogen-bond donors (Lipinski definition) is 1. The predicted molar refractivity (Wildman–Crippen MR) is 204 cm³/mol. The molecule has 4 heteroatoms. The molecular formula is C41H82NO2P. The van der Waals surface area contributed by atoms with Gasteiger partial charge in [-0.3, -0.25) is 4.79 Å². The maximum absolute atomic E-state index is 12.9. The van der Waals surface area contributed by atoms with Crippen LogP contribution in [0.2, 0.25) is 0 Å². The molecule has 0 saturated heterocycles. The SMILES string of the molecule is CCCCCCCC/C=C\CCCCCCCC[P-]C(C(O)C(=O)CCCCCCCCCCCCCCCCC)[N+](C)(C)C. The van der Waals surface area contributed by atoms with E-state index in [4.69, 9.17) is 0 Å². The maximum atomic E-state index is 12.9. The number of likely N-dealkylation sites (N-methyl/N-ethyl adjacent to an activating group) is 1. The van der Waals surface area contributed by atoms with Crippen molar-refractivity contribution < 1.29 is 14.4 Å². The lowest BCUT2D eigenvalue weighted by Gasteiger charge is -2.45. The number of unbranched alkanes of at least 4 members (excludes halogenated alkanes) is 26. The summed E-state index contributed by atoms with van der Waals surface area (Å²) in [6.45, 7) is 4.57. The highest BCUT2D eigenvalue weighted by Gasteiger charge is 2.27. The van der Waals surface area contributed by atoms with Crippen LogP contribution in [0.15, 0.2) is 12.2 Å². The Morgan fingerprint density at radius 3 is 1.24 bits per heavy atom. The van der Waals surface area contributed by atoms with Crippen molar-refractivity contribution in [2.75, 3.05) is 27.3 Å². The predicted octanol–water partition coefficient (Wildman–Crippen LogP) is 13.2. The van der Waals surface area contributed by atoms with Crippen molar-refractivity contribution >= 4 is 14.4 Å². The number of carbonyl (C=O) groups excluding carboxylic acids is 1. The number of aliphatic hydroxyl groups is 1. The molecule has 45 heavy (non-hydrogen) atoms. The molecule has 0 bridgehead atoms. The van der Waals surface area contributed by atoms with Crippen LogP contribution in [0.5, 0.6) is 0 Å². The molecule has 0 aliphatic carbocycles. The molecule has 0 aromatic rings. The first kappa shape index (κ1) is 44.8. The third-order valence-electron chi connectivity index (χ3n) is 9.42. The van der Waals surface area contributed by atoms with Crippen molar-refractivity contribution in [1.82, 2.24) is 0 Å². The van der Waals surface area contributed by atoms with Gasteiger partial charge in [-0.15, -0.1) is 0 Å². The standard InChI is InChI=1S/C41H82NO2P/c1-6-8-10-12-14-16-18-20-22-24-26-28-30-32-34-36-38-45-41(42(3,4)5)40(44)39(43)37-35-33-31-29-27-25-23-21-19-17-15-13-11-9-7-2/h20,22,40-41,44H,6-19,21,23-38H2,1-5H3/b22-20-. The van der Waals surface area contributed by atoms with Gasteiger partial charge in [0.15, 0.2) is 5.78 Å². The van der Waals surface area contributed by atoms with Crippen LogP contribution >= 0.6 is 8.58 Å². The fourth-order valence-corrected chi connectivity index (χ4v) is 7.86. The highest BCUT2D eigenvalue weighted by Crippen LogP contribution is 2.30. The zero-order valence-corrected chi connectivity index (χ0v) is 32.4. The molecule has 0 aromatic carbocycles. The largest absolute Gasteiger partial charge is 0.471 e. The number of carbonyl (C=O) groups is 1. The van der Waals surface area contributed by atoms with E-state index in [0.717, 1.165) is 19.0 Å². The van der Waals surface area contributed by atoms with E-state index in [-0.39, 0.29) is 11.6 Å². The summed E-state index contributed by atoms with van der Waals surface area (Å²) in [5.41, 5.74) is 0. The molecule has 0 heterocycles. The first-order chi connectivity index (χ1) is 21.8. The van der Waals surface area contributed by atoms with Crippen LogP contribution in [0.4, 0.5) is 0 Å². The van der Waals surface area contributed by atoms with Gasteiger partial charge in [0.2, 0.25) is 0 Å². The summed E-state index contributed by atoms with van der Waals surface area (Å²) < 4.78 is 0.652. The molecule has 0 saturated carbocycles. The molecule has 2 atom stereocenters. The first-order valence-corrected chi connectivity index (χ1v) is 21.3. The van der Waals surface area contributed by atoms with Gasteiger partial charge in [0, 0.05) is 6.42 Å². The monoisotopic (exact) mass is 652 g/mol. The van der Waals surface area contributed by atoms with E-state index in [0.29, 0.717) is 10.9 Å². The lowest BCUT2D eigenvalue weighted by Crippen LogP contribution is -2.51. The fourth-order valence-electron chi connectivity index (χ4n) is 6.34. The summed E-state index contributed by atoms with van der Waals surface area (Å²) in [6, 6.07) is 0. The van der Waals surface area contributed by atoms with Crippen molar-refractivity contribution in [1.29, 1.82) is 0 Å². The Morgan fingerprint density at radius 1 is 0.533 bits per heavy atom. The normalized spacial score (nSPS) is 13.8. The van der Waals surface area contributed by atoms with E-state index in [1.165, 1.54) is 182 Å². The number of hydrogen-bond acceptors (Lipinski definition) is 2. The number of nitrogens with zero attached hydrogens (tertiary/aromatic N) is 1. The van der Waals surface area contributed by atoms with Crippen LogP contribution in [0.1, 0.15) is 206 Å². The van der Waals surface area contributed by atoms with Gasteiger partial charge in [-0.2, -0.15) is 6.16 Å². The Labute approximate surface area is 285 Å². The Bertz CT molecular complexity index is 644. The van der Waals surface area contributed by atoms with Crippen molar-refractivity contribution in [3.05, 3.63) is 12.2 Å². The van der Waals surface area contributed by atoms with E-state index in [1.54, 1.807) is 0 Å². The molecule has 3 nitrogen and oxygen atoms in total. The quantitative estimate of drug-likeness (QED) is 0.0317. The molecule has 0 aromatic heterocycles. The van der Waals surface area contributed by atoms with Gasteiger partial charge in [-0.1, -0.05) is 180 Å². The van der Waals surface area contributed by atoms with Crippen molar-refractivity contribution in [2.45, 2.75) is 218 Å². The topological polar surface area (TPSA) is 37.3 Å². The summed E-state index contributed by atoms with van der Waals surface area (Å²) >= 11 is 0. The fraction of sp³-hybridized carbons (Fsp3) is 0.927. The summed E-state index contributed by atoms with van der Waals surface area (Å²) in [6.07, 6.45) is 44.2. The molecule has 0 fully saturated rings. The molecule has 268 valence electrons. The molecule has 0 radical (unpaired) electrons. The van der Waals surface area contributed by atoms with E-state index < -0.39 is 6.10 Å². The van der Waals surface area contributed by atoms with Gasteiger partial charge >= 0.3 is 0 Å². The molecular weight excluding hydrogens is 569 g/mol. The minimum absolute atomic E-state index is 0.0167. The van der Waals surface area contributed by atoms with E-state index in [2.05, 4.69) is 47.1 Å². The van der Waals surface area contributed by atoms with Gasteiger partial charge in [-0.25, -0.2) is 0 Å². The Balaban J connectivity index is 3.79. The van der Waals surface area contributed by atoms with Crippen LogP contribution in [0, 0.1) is 0 Å². The maximum Gasteiger partial charge on any atom is 0.164 e. The highest BCUT2D eigenvalue weighted by atomic mass is 31.1. The smallest absolute Gasteiger partial charge is 0.164 e. The average Bonchev–Trinajstić information content (AvgIpc) is 3.01. The zero-order chi connectivity index (χ0) is 33.3. The minimum atomic E-state index is -0.826. The zero-order valence-electron chi connectivity index (χ0n) is 31.5. The van der Waals surface area contributed by atoms with Gasteiger partial charge in [0.05, 0.1) is 21.1 Å². The molecule has 2 unspecified atom stereocenters. The van der Waals surface area contributed by atoms with Crippen LogP contribution in [-0.4, -0.2) is 54.6 Å². The third-order valence-corrected chi connectivity index (χ3v) is 11.3. The highest BCUT2D eigenvalue weighted by molar-refractivity contribution is 7.38. The van der Waals surface area contributed by atoms with Gasteiger partial charge in [0.1, 0.15) is 6.10 Å². The average molecular weight is 652 g/mol. The molecule has 0 spiro atoms. The van der Waals surface area contributed by atoms with Crippen molar-refractivity contribution in [3.63, 3.8) is 0 Å². The summed E-state index contributed by atoms with van der Waals surface area (Å²) in [4.78, 5) is 12.9. The van der Waals surface area contributed by atoms with E-state index in [1.807, 2.05) is 0 Å². The lowest BCUT2D eigenvalue weighted by molar-refractivity contribution is -0.883. The third kappa shape index (κ3) is 30.8. The summed E-state index contributed by atoms with van der Waals surface area (Å²) in [7, 11) is 7.62. The number of allylic oxidation sites excluding steroid dienone is 2. The Kier molecular flexibility index (Phi) is 33.5. The molecule has 0 aliphatic rings. The van der Waals surface area contributed by atoms with Crippen LogP contribution in [-0.2, 0) is 4.79 Å². The Hall–Kier alpha value is -0.240. The minimum Gasteiger partial charge on any atom is -0.471 e. The second kappa shape index (κ2) is 33.7. The second-order valence-corrected chi connectivity index (χ2v) is 16.3. The van der Waals surface area contributed by atoms with Gasteiger partial charge in [0.25, 0.3) is 0 Å². The van der Waals surface area contributed by atoms with Crippen molar-refractivity contribution in [2.24, 2.45) is 0 Å². The van der Waals surface area contributed by atoms with Crippen LogP contribution < -0.4 is 0 Å². The number of aliphatic hydroxyl groups excluding tert-OH is 1. The number of ketones is 1. The summed E-state index contributed by atoms with van der Waals surface area (Å²) in [5, 5.41) is 11.0. The Morgan fingerprint density at radius 2 is 0.867 bits per heavy atom. The number of rotatable bonds is 36. The molecule has 0 amide bonds. The number of Topliss-reactive ketones (excluding diaryl/α,β-unsaturated/α-hetero) is 1. The first-order valence-electron chi connectivity index (χ1n) is 20.2. The second-order valence-electron chi connectivity index (χ2n) is 15.0. The lowest BCUT2D eigenvalue weighted by atomic mass is 10.0. The number of quaternary nitrogens is 1. The molecule has 1 N–H and O–H groups in total. The van der Waals surface area contributed by atoms with E-state index >= 15 is 0 Å². The van der Waals surface area contributed by atoms with Gasteiger partial charge < -0.3 is 18.2 Å². The van der Waals surface area contributed by atoms with Gasteiger partial charge in [-0.05, 0) is 37.9 Å². The van der Waals surface area contributed by atoms with Crippen LogP contribution in [0.25, 0.3) is 0 Å². The molecule has 0 rings (SSSR count). The van der Waals surface area contributed by atoms with Crippen molar-refractivity contribution in [3.8, 4) is 0 Å². The molecule has 0 aliphatic heterocycles. The van der Waals surface area contributed by atoms with E-state index in [9.17, 15) is 9.90 Å². The van der Waals surface area contributed by atoms with Crippen LogP contribution in [0.3, 0.4) is 0 Å².